The van der Waals surface area contributed by atoms with E-state index in [0.717, 1.165) is 6.07 Å². The predicted octanol–water partition coefficient (Wildman–Crippen LogP) is 1.90. The highest BCUT2D eigenvalue weighted by Gasteiger charge is 2.17. The fourth-order valence-corrected chi connectivity index (χ4v) is 2.92. The minimum Gasteiger partial charge on any atom is -0.378 e. The largest absolute Gasteiger partial charge is 0.378 e. The van der Waals surface area contributed by atoms with E-state index in [-0.39, 0.29) is 18.0 Å². The minimum atomic E-state index is -0.508. The molecule has 1 aromatic heterocycles. The van der Waals surface area contributed by atoms with Crippen LogP contribution in [0.1, 0.15) is 10.4 Å². The van der Waals surface area contributed by atoms with Gasteiger partial charge >= 0.3 is 0 Å². The SMILES string of the molecule is O=C(Nc1cnn(CC(=O)N2CCOCC2)c1)c1cc(F)cc(Br)c1. The van der Waals surface area contributed by atoms with Gasteiger partial charge in [0.1, 0.15) is 12.4 Å². The third-order valence-electron chi connectivity index (χ3n) is 3.68. The Morgan fingerprint density at radius 3 is 2.76 bits per heavy atom. The first-order chi connectivity index (χ1) is 12.0. The van der Waals surface area contributed by atoms with Gasteiger partial charge < -0.3 is 15.0 Å². The molecule has 132 valence electrons. The molecule has 0 radical (unpaired) electrons. The molecule has 0 spiro atoms. The predicted molar refractivity (Wildman–Crippen MR) is 91.7 cm³/mol. The molecule has 0 bridgehead atoms. The Labute approximate surface area is 151 Å². The lowest BCUT2D eigenvalue weighted by Gasteiger charge is -2.26. The number of ether oxygens (including phenoxy) is 1. The van der Waals surface area contributed by atoms with Crippen molar-refractivity contribution >= 4 is 33.4 Å². The van der Waals surface area contributed by atoms with Crippen molar-refractivity contribution in [3.8, 4) is 0 Å². The number of halogens is 2. The summed E-state index contributed by atoms with van der Waals surface area (Å²) < 4.78 is 20.5. The van der Waals surface area contributed by atoms with Gasteiger partial charge in [-0.1, -0.05) is 15.9 Å². The fourth-order valence-electron chi connectivity index (χ4n) is 2.45. The van der Waals surface area contributed by atoms with E-state index in [4.69, 9.17) is 4.74 Å². The van der Waals surface area contributed by atoms with Gasteiger partial charge in [-0.2, -0.15) is 5.10 Å². The fraction of sp³-hybridized carbons (Fsp3) is 0.312. The van der Waals surface area contributed by atoms with E-state index < -0.39 is 11.7 Å². The van der Waals surface area contributed by atoms with Gasteiger partial charge in [-0.25, -0.2) is 4.39 Å². The molecule has 1 fully saturated rings. The summed E-state index contributed by atoms with van der Waals surface area (Å²) in [5, 5.41) is 6.70. The van der Waals surface area contributed by atoms with Gasteiger partial charge in [-0.15, -0.1) is 0 Å². The van der Waals surface area contributed by atoms with Gasteiger partial charge in [0.25, 0.3) is 5.91 Å². The van der Waals surface area contributed by atoms with Crippen LogP contribution < -0.4 is 5.32 Å². The molecule has 2 aromatic rings. The molecule has 0 atom stereocenters. The third-order valence-corrected chi connectivity index (χ3v) is 4.13. The highest BCUT2D eigenvalue weighted by atomic mass is 79.9. The van der Waals surface area contributed by atoms with Crippen LogP contribution in [0.2, 0.25) is 0 Å². The lowest BCUT2D eigenvalue weighted by Crippen LogP contribution is -2.42. The Hall–Kier alpha value is -2.26. The Kier molecular flexibility index (Phi) is 5.44. The number of carbonyl (C=O) groups excluding carboxylic acids is 2. The monoisotopic (exact) mass is 410 g/mol. The summed E-state index contributed by atoms with van der Waals surface area (Å²) in [6, 6.07) is 3.93. The summed E-state index contributed by atoms with van der Waals surface area (Å²) in [6.07, 6.45) is 3.00. The number of carbonyl (C=O) groups is 2. The molecular weight excluding hydrogens is 395 g/mol. The summed E-state index contributed by atoms with van der Waals surface area (Å²) in [5.41, 5.74) is 0.615. The zero-order chi connectivity index (χ0) is 17.8. The van der Waals surface area contributed by atoms with Crippen LogP contribution in [0.15, 0.2) is 35.1 Å². The highest BCUT2D eigenvalue weighted by molar-refractivity contribution is 9.10. The van der Waals surface area contributed by atoms with Crippen molar-refractivity contribution in [2.75, 3.05) is 31.6 Å². The first-order valence-electron chi connectivity index (χ1n) is 7.67. The topological polar surface area (TPSA) is 76.5 Å². The number of amides is 2. The standard InChI is InChI=1S/C16H16BrFN4O3/c17-12-5-11(6-13(18)7-12)16(24)20-14-8-19-22(9-14)10-15(23)21-1-3-25-4-2-21/h5-9H,1-4,10H2,(H,20,24). The average Bonchev–Trinajstić information content (AvgIpc) is 3.01. The van der Waals surface area contributed by atoms with E-state index in [1.807, 2.05) is 0 Å². The van der Waals surface area contributed by atoms with E-state index in [1.54, 1.807) is 11.1 Å². The quantitative estimate of drug-likeness (QED) is 0.834. The molecular formula is C16H16BrFN4O3. The first-order valence-corrected chi connectivity index (χ1v) is 8.46. The maximum atomic E-state index is 13.4. The molecule has 1 aliphatic rings. The summed E-state index contributed by atoms with van der Waals surface area (Å²) in [6.45, 7) is 2.29. The summed E-state index contributed by atoms with van der Waals surface area (Å²) in [7, 11) is 0. The zero-order valence-electron chi connectivity index (χ0n) is 13.2. The molecule has 1 saturated heterocycles. The molecule has 0 unspecified atom stereocenters. The molecule has 2 heterocycles. The summed E-state index contributed by atoms with van der Waals surface area (Å²) >= 11 is 3.15. The van der Waals surface area contributed by atoms with Crippen LogP contribution in [0.5, 0.6) is 0 Å². The van der Waals surface area contributed by atoms with Crippen molar-refractivity contribution in [2.24, 2.45) is 0 Å². The Morgan fingerprint density at radius 2 is 2.04 bits per heavy atom. The second kappa shape index (κ2) is 7.75. The van der Waals surface area contributed by atoms with Crippen molar-refractivity contribution in [2.45, 2.75) is 6.54 Å². The van der Waals surface area contributed by atoms with E-state index in [9.17, 15) is 14.0 Å². The summed E-state index contributed by atoms with van der Waals surface area (Å²) in [4.78, 5) is 26.1. The van der Waals surface area contributed by atoms with Crippen LogP contribution in [-0.4, -0.2) is 52.8 Å². The maximum absolute atomic E-state index is 13.4. The maximum Gasteiger partial charge on any atom is 0.255 e. The van der Waals surface area contributed by atoms with Gasteiger partial charge in [0.2, 0.25) is 5.91 Å². The van der Waals surface area contributed by atoms with Crippen LogP contribution in [0, 0.1) is 5.82 Å². The van der Waals surface area contributed by atoms with E-state index in [2.05, 4.69) is 26.3 Å². The highest BCUT2D eigenvalue weighted by Crippen LogP contribution is 2.16. The van der Waals surface area contributed by atoms with E-state index in [1.165, 1.54) is 23.0 Å². The summed E-state index contributed by atoms with van der Waals surface area (Å²) in [5.74, 6) is -1.02. The van der Waals surface area contributed by atoms with Crippen LogP contribution in [0.4, 0.5) is 10.1 Å². The second-order valence-electron chi connectivity index (χ2n) is 5.53. The van der Waals surface area contributed by atoms with Crippen molar-refractivity contribution in [3.63, 3.8) is 0 Å². The van der Waals surface area contributed by atoms with Crippen LogP contribution in [-0.2, 0) is 16.1 Å². The molecule has 7 nitrogen and oxygen atoms in total. The van der Waals surface area contributed by atoms with Crippen LogP contribution in [0.3, 0.4) is 0 Å². The van der Waals surface area contributed by atoms with Gasteiger partial charge in [0, 0.05) is 29.3 Å². The molecule has 25 heavy (non-hydrogen) atoms. The molecule has 9 heteroatoms. The van der Waals surface area contributed by atoms with Crippen LogP contribution in [0.25, 0.3) is 0 Å². The lowest BCUT2D eigenvalue weighted by molar-refractivity contribution is -0.136. The number of nitrogens with one attached hydrogen (secondary N) is 1. The number of hydrogen-bond acceptors (Lipinski definition) is 4. The smallest absolute Gasteiger partial charge is 0.255 e. The third kappa shape index (κ3) is 4.64. The number of aromatic nitrogens is 2. The number of rotatable bonds is 4. The Bertz CT molecular complexity index is 769. The minimum absolute atomic E-state index is 0.0571. The van der Waals surface area contributed by atoms with Gasteiger partial charge in [-0.05, 0) is 18.2 Å². The van der Waals surface area contributed by atoms with Crippen molar-refractivity contribution in [1.29, 1.82) is 0 Å². The van der Waals surface area contributed by atoms with Gasteiger partial charge in [-0.3, -0.25) is 14.3 Å². The van der Waals surface area contributed by atoms with Gasteiger partial charge in [0.05, 0.1) is 25.1 Å². The Balaban J connectivity index is 1.61. The Morgan fingerprint density at radius 1 is 1.28 bits per heavy atom. The molecule has 2 amide bonds. The molecule has 1 aliphatic heterocycles. The van der Waals surface area contributed by atoms with E-state index >= 15 is 0 Å². The molecule has 0 saturated carbocycles. The zero-order valence-corrected chi connectivity index (χ0v) is 14.8. The van der Waals surface area contributed by atoms with Crippen molar-refractivity contribution < 1.29 is 18.7 Å². The van der Waals surface area contributed by atoms with Crippen molar-refractivity contribution in [1.82, 2.24) is 14.7 Å². The molecule has 3 rings (SSSR count). The first kappa shape index (κ1) is 17.6. The molecule has 1 N–H and O–H groups in total. The molecule has 0 aliphatic carbocycles. The van der Waals surface area contributed by atoms with Crippen molar-refractivity contribution in [3.05, 3.63) is 46.4 Å². The number of nitrogens with zero attached hydrogens (tertiary/aromatic N) is 3. The van der Waals surface area contributed by atoms with Gasteiger partial charge in [0.15, 0.2) is 0 Å². The van der Waals surface area contributed by atoms with Crippen LogP contribution >= 0.6 is 15.9 Å². The number of anilines is 1. The lowest BCUT2D eigenvalue weighted by atomic mass is 10.2. The number of hydrogen-bond donors (Lipinski definition) is 1. The number of morpholine rings is 1. The normalized spacial score (nSPS) is 14.4. The van der Waals surface area contributed by atoms with E-state index in [0.29, 0.717) is 36.5 Å². The second-order valence-corrected chi connectivity index (χ2v) is 6.45. The average molecular weight is 411 g/mol. The number of benzene rings is 1. The molecule has 1 aromatic carbocycles.